The van der Waals surface area contributed by atoms with Crippen LogP contribution in [0.5, 0.6) is 0 Å². The highest BCUT2D eigenvalue weighted by molar-refractivity contribution is 9.10. The maximum atomic E-state index is 4.45. The molecule has 0 nitrogen and oxygen atoms in total. The fourth-order valence-corrected chi connectivity index (χ4v) is 3.95. The molecule has 28 heavy (non-hydrogen) atoms. The Morgan fingerprint density at radius 3 is 2.14 bits per heavy atom. The van der Waals surface area contributed by atoms with E-state index in [4.69, 9.17) is 0 Å². The highest BCUT2D eigenvalue weighted by atomic mass is 79.9. The predicted molar refractivity (Wildman–Crippen MR) is 124 cm³/mol. The quantitative estimate of drug-likeness (QED) is 0.309. The molecule has 1 heteroatoms. The van der Waals surface area contributed by atoms with Crippen molar-refractivity contribution >= 4 is 21.5 Å². The molecule has 0 atom stereocenters. The second-order valence-corrected chi connectivity index (χ2v) is 7.85. The summed E-state index contributed by atoms with van der Waals surface area (Å²) < 4.78 is 1.08. The van der Waals surface area contributed by atoms with Crippen LogP contribution in [0.4, 0.5) is 0 Å². The molecule has 0 amide bonds. The third kappa shape index (κ3) is 3.72. The van der Waals surface area contributed by atoms with Gasteiger partial charge in [-0.05, 0) is 69.6 Å². The van der Waals surface area contributed by atoms with E-state index in [0.717, 1.165) is 21.2 Å². The summed E-state index contributed by atoms with van der Waals surface area (Å²) in [7, 11) is 0. The first-order valence-electron chi connectivity index (χ1n) is 9.34. The molecule has 0 fully saturated rings. The fraction of sp³-hybridized carbons (Fsp3) is 0.0370. The molecule has 0 aliphatic rings. The number of rotatable bonds is 4. The lowest BCUT2D eigenvalue weighted by Crippen LogP contribution is -1.94. The largest absolute Gasteiger partial charge is 0.0905 e. The molecule has 4 rings (SSSR count). The monoisotopic (exact) mass is 424 g/mol. The van der Waals surface area contributed by atoms with Gasteiger partial charge in [0.05, 0.1) is 0 Å². The molecule has 0 aliphatic carbocycles. The van der Waals surface area contributed by atoms with E-state index in [1.807, 2.05) is 6.07 Å². The van der Waals surface area contributed by atoms with Crippen LogP contribution in [0.3, 0.4) is 0 Å². The first-order valence-corrected chi connectivity index (χ1v) is 10.1. The SMILES string of the molecule is C=C(c1ccccc1)c1cc(-c2cccc(Br)c2)ccc1-c1ccccc1C. The van der Waals surface area contributed by atoms with Crippen molar-refractivity contribution in [2.24, 2.45) is 0 Å². The first-order chi connectivity index (χ1) is 13.6. The zero-order valence-corrected chi connectivity index (χ0v) is 17.4. The summed E-state index contributed by atoms with van der Waals surface area (Å²) in [6.45, 7) is 6.61. The average Bonchev–Trinajstić information content (AvgIpc) is 2.74. The molecule has 0 aromatic heterocycles. The van der Waals surface area contributed by atoms with Gasteiger partial charge in [-0.1, -0.05) is 101 Å². The molecule has 0 saturated carbocycles. The van der Waals surface area contributed by atoms with Crippen molar-refractivity contribution in [1.29, 1.82) is 0 Å². The molecule has 0 heterocycles. The molecule has 0 saturated heterocycles. The Hall–Kier alpha value is -2.90. The third-order valence-corrected chi connectivity index (χ3v) is 5.55. The van der Waals surface area contributed by atoms with Gasteiger partial charge in [-0.2, -0.15) is 0 Å². The molecule has 136 valence electrons. The summed E-state index contributed by atoms with van der Waals surface area (Å²) >= 11 is 3.59. The zero-order chi connectivity index (χ0) is 19.5. The van der Waals surface area contributed by atoms with Crippen LogP contribution in [0.2, 0.25) is 0 Å². The van der Waals surface area contributed by atoms with Crippen molar-refractivity contribution in [1.82, 2.24) is 0 Å². The summed E-state index contributed by atoms with van der Waals surface area (Å²) in [4.78, 5) is 0. The van der Waals surface area contributed by atoms with Gasteiger partial charge in [0, 0.05) is 4.47 Å². The smallest absolute Gasteiger partial charge is 0.0181 e. The van der Waals surface area contributed by atoms with E-state index in [9.17, 15) is 0 Å². The fourth-order valence-electron chi connectivity index (χ4n) is 3.55. The summed E-state index contributed by atoms with van der Waals surface area (Å²) in [5.41, 5.74) is 9.44. The van der Waals surface area contributed by atoms with Gasteiger partial charge >= 0.3 is 0 Å². The van der Waals surface area contributed by atoms with E-state index in [1.165, 1.54) is 27.8 Å². The van der Waals surface area contributed by atoms with Crippen LogP contribution in [0.1, 0.15) is 16.7 Å². The highest BCUT2D eigenvalue weighted by Crippen LogP contribution is 2.36. The molecule has 0 spiro atoms. The molecule has 4 aromatic rings. The van der Waals surface area contributed by atoms with Gasteiger partial charge in [0.1, 0.15) is 0 Å². The summed E-state index contributed by atoms with van der Waals surface area (Å²) in [6, 6.07) is 34.0. The van der Waals surface area contributed by atoms with E-state index >= 15 is 0 Å². The van der Waals surface area contributed by atoms with Crippen LogP contribution < -0.4 is 0 Å². The lowest BCUT2D eigenvalue weighted by Gasteiger charge is -2.17. The second kappa shape index (κ2) is 8.00. The standard InChI is InChI=1S/C27H21Br/c1-19-9-6-7-14-25(19)26-16-15-23(22-12-8-13-24(28)17-22)18-27(26)20(2)21-10-4-3-5-11-21/h3-18H,2H2,1H3. The zero-order valence-electron chi connectivity index (χ0n) is 15.8. The lowest BCUT2D eigenvalue weighted by atomic mass is 9.87. The van der Waals surface area contributed by atoms with Crippen molar-refractivity contribution in [2.75, 3.05) is 0 Å². The number of hydrogen-bond donors (Lipinski definition) is 0. The summed E-state index contributed by atoms with van der Waals surface area (Å²) in [5.74, 6) is 0. The average molecular weight is 425 g/mol. The van der Waals surface area contributed by atoms with Crippen molar-refractivity contribution in [3.8, 4) is 22.3 Å². The van der Waals surface area contributed by atoms with Crippen LogP contribution in [0.25, 0.3) is 27.8 Å². The molecule has 0 unspecified atom stereocenters. The third-order valence-electron chi connectivity index (χ3n) is 5.06. The van der Waals surface area contributed by atoms with Gasteiger partial charge in [-0.3, -0.25) is 0 Å². The van der Waals surface area contributed by atoms with Crippen molar-refractivity contribution in [3.63, 3.8) is 0 Å². The maximum absolute atomic E-state index is 4.45. The van der Waals surface area contributed by atoms with E-state index in [-0.39, 0.29) is 0 Å². The van der Waals surface area contributed by atoms with Gasteiger partial charge in [0.2, 0.25) is 0 Å². The van der Waals surface area contributed by atoms with Crippen LogP contribution in [-0.4, -0.2) is 0 Å². The van der Waals surface area contributed by atoms with E-state index < -0.39 is 0 Å². The van der Waals surface area contributed by atoms with Crippen molar-refractivity contribution < 1.29 is 0 Å². The van der Waals surface area contributed by atoms with Crippen LogP contribution in [0, 0.1) is 6.92 Å². The van der Waals surface area contributed by atoms with E-state index in [0.29, 0.717) is 0 Å². The predicted octanol–water partition coefficient (Wildman–Crippen LogP) is 8.15. The molecule has 0 radical (unpaired) electrons. The molecular formula is C27H21Br. The topological polar surface area (TPSA) is 0 Å². The van der Waals surface area contributed by atoms with E-state index in [1.54, 1.807) is 0 Å². The van der Waals surface area contributed by atoms with E-state index in [2.05, 4.69) is 120 Å². The van der Waals surface area contributed by atoms with Crippen LogP contribution in [-0.2, 0) is 0 Å². The van der Waals surface area contributed by atoms with Gasteiger partial charge in [0.25, 0.3) is 0 Å². The first kappa shape index (κ1) is 18.5. The highest BCUT2D eigenvalue weighted by Gasteiger charge is 2.13. The Morgan fingerprint density at radius 2 is 1.39 bits per heavy atom. The minimum atomic E-state index is 1.04. The number of hydrogen-bond acceptors (Lipinski definition) is 0. The van der Waals surface area contributed by atoms with Crippen molar-refractivity contribution in [3.05, 3.63) is 125 Å². The Kier molecular flexibility index (Phi) is 5.27. The number of halogens is 1. The second-order valence-electron chi connectivity index (χ2n) is 6.93. The van der Waals surface area contributed by atoms with Gasteiger partial charge in [-0.15, -0.1) is 0 Å². The minimum Gasteiger partial charge on any atom is -0.0905 e. The van der Waals surface area contributed by atoms with Gasteiger partial charge in [-0.25, -0.2) is 0 Å². The summed E-state index contributed by atoms with van der Waals surface area (Å²) in [5, 5.41) is 0. The van der Waals surface area contributed by atoms with Gasteiger partial charge in [0.15, 0.2) is 0 Å². The molecular weight excluding hydrogens is 404 g/mol. The minimum absolute atomic E-state index is 1.04. The Labute approximate surface area is 175 Å². The molecule has 4 aromatic carbocycles. The summed E-state index contributed by atoms with van der Waals surface area (Å²) in [6.07, 6.45) is 0. The Morgan fingerprint density at radius 1 is 0.679 bits per heavy atom. The molecule has 0 aliphatic heterocycles. The van der Waals surface area contributed by atoms with Crippen molar-refractivity contribution in [2.45, 2.75) is 6.92 Å². The Bertz CT molecular complexity index is 1140. The Balaban J connectivity index is 1.92. The maximum Gasteiger partial charge on any atom is 0.0181 e. The molecule has 0 N–H and O–H groups in total. The number of aryl methyl sites for hydroxylation is 1. The lowest BCUT2D eigenvalue weighted by molar-refractivity contribution is 1.44. The molecule has 0 bridgehead atoms. The normalized spacial score (nSPS) is 10.6. The van der Waals surface area contributed by atoms with Crippen LogP contribution >= 0.6 is 15.9 Å². The van der Waals surface area contributed by atoms with Gasteiger partial charge < -0.3 is 0 Å². The number of benzene rings is 4. The van der Waals surface area contributed by atoms with Crippen LogP contribution in [0.15, 0.2) is 108 Å².